The second-order valence-corrected chi connectivity index (χ2v) is 4.59. The molecule has 1 unspecified atom stereocenters. The van der Waals surface area contributed by atoms with Gasteiger partial charge in [0.25, 0.3) is 0 Å². The first-order valence-corrected chi connectivity index (χ1v) is 5.57. The number of ether oxygens (including phenoxy) is 2. The third kappa shape index (κ3) is 1.33. The van der Waals surface area contributed by atoms with E-state index in [1.165, 1.54) is 0 Å². The number of aromatic hydroxyl groups is 1. The summed E-state index contributed by atoms with van der Waals surface area (Å²) in [5.41, 5.74) is 0.750. The first-order valence-electron chi connectivity index (χ1n) is 5.57. The molecule has 1 fully saturated rings. The molecule has 2 heterocycles. The Morgan fingerprint density at radius 1 is 1.31 bits per heavy atom. The Hall–Kier alpha value is -1.42. The van der Waals surface area contributed by atoms with Crippen molar-refractivity contribution in [2.45, 2.75) is 25.3 Å². The molecule has 2 aliphatic rings. The summed E-state index contributed by atoms with van der Waals surface area (Å²) in [6.45, 7) is 3.34. The summed E-state index contributed by atoms with van der Waals surface area (Å²) in [7, 11) is 0. The molecule has 1 aromatic carbocycles. The van der Waals surface area contributed by atoms with Gasteiger partial charge in [0, 0.05) is 17.2 Å². The van der Waals surface area contributed by atoms with Crippen LogP contribution in [0.3, 0.4) is 0 Å². The summed E-state index contributed by atoms with van der Waals surface area (Å²) in [6, 6.07) is 3.53. The third-order valence-electron chi connectivity index (χ3n) is 3.45. The topological polar surface area (TPSA) is 50.7 Å². The highest BCUT2D eigenvalue weighted by Gasteiger charge is 2.34. The third-order valence-corrected chi connectivity index (χ3v) is 3.45. The molecule has 0 saturated carbocycles. The summed E-state index contributed by atoms with van der Waals surface area (Å²) >= 11 is 0. The molecule has 0 spiro atoms. The molecule has 4 nitrogen and oxygen atoms in total. The van der Waals surface area contributed by atoms with Crippen molar-refractivity contribution in [1.29, 1.82) is 0 Å². The van der Waals surface area contributed by atoms with Crippen molar-refractivity contribution in [3.05, 3.63) is 17.7 Å². The van der Waals surface area contributed by atoms with Gasteiger partial charge in [0.05, 0.1) is 0 Å². The van der Waals surface area contributed by atoms with Crippen molar-refractivity contribution in [2.24, 2.45) is 0 Å². The summed E-state index contributed by atoms with van der Waals surface area (Å²) in [5.74, 6) is 1.63. The fourth-order valence-electron chi connectivity index (χ4n) is 2.50. The van der Waals surface area contributed by atoms with E-state index in [0.717, 1.165) is 30.7 Å². The quantitative estimate of drug-likeness (QED) is 0.758. The molecule has 2 N–H and O–H groups in total. The van der Waals surface area contributed by atoms with Gasteiger partial charge in [-0.15, -0.1) is 0 Å². The molecular weight excluding hydrogens is 206 g/mol. The van der Waals surface area contributed by atoms with Crippen molar-refractivity contribution >= 4 is 0 Å². The van der Waals surface area contributed by atoms with E-state index in [1.807, 2.05) is 6.07 Å². The number of phenolic OH excluding ortho intramolecular Hbond substituents is 1. The molecule has 3 rings (SSSR count). The first kappa shape index (κ1) is 9.78. The minimum Gasteiger partial charge on any atom is -0.507 e. The molecule has 0 aromatic heterocycles. The summed E-state index contributed by atoms with van der Waals surface area (Å²) in [4.78, 5) is 0. The molecule has 86 valence electrons. The standard InChI is InChI=1S/C12H15NO3/c1-12(3-2-4-13-12)8-5-10-11(6-9(8)14)16-7-15-10/h5-6,13-14H,2-4,7H2,1H3. The van der Waals surface area contributed by atoms with E-state index in [-0.39, 0.29) is 18.1 Å². The lowest BCUT2D eigenvalue weighted by Crippen LogP contribution is -2.33. The van der Waals surface area contributed by atoms with Crippen LogP contribution in [-0.4, -0.2) is 18.4 Å². The van der Waals surface area contributed by atoms with E-state index in [2.05, 4.69) is 12.2 Å². The zero-order valence-corrected chi connectivity index (χ0v) is 9.25. The highest BCUT2D eigenvalue weighted by Crippen LogP contribution is 2.43. The van der Waals surface area contributed by atoms with Gasteiger partial charge in [-0.05, 0) is 32.4 Å². The molecule has 2 aliphatic heterocycles. The van der Waals surface area contributed by atoms with Gasteiger partial charge < -0.3 is 19.9 Å². The molecule has 4 heteroatoms. The average Bonchev–Trinajstić information content (AvgIpc) is 2.85. The van der Waals surface area contributed by atoms with Gasteiger partial charge in [0.1, 0.15) is 5.75 Å². The Morgan fingerprint density at radius 2 is 2.06 bits per heavy atom. The molecule has 1 saturated heterocycles. The van der Waals surface area contributed by atoms with E-state index in [4.69, 9.17) is 9.47 Å². The SMILES string of the molecule is CC1(c2cc3c(cc2O)OCO3)CCCN1. The van der Waals surface area contributed by atoms with Crippen LogP contribution >= 0.6 is 0 Å². The zero-order valence-electron chi connectivity index (χ0n) is 9.25. The minimum atomic E-state index is -0.148. The van der Waals surface area contributed by atoms with Gasteiger partial charge in [-0.2, -0.15) is 0 Å². The van der Waals surface area contributed by atoms with Crippen molar-refractivity contribution in [1.82, 2.24) is 5.32 Å². The van der Waals surface area contributed by atoms with Crippen molar-refractivity contribution in [3.63, 3.8) is 0 Å². The molecule has 16 heavy (non-hydrogen) atoms. The molecule has 0 amide bonds. The van der Waals surface area contributed by atoms with Crippen LogP contribution in [0.25, 0.3) is 0 Å². The van der Waals surface area contributed by atoms with E-state index >= 15 is 0 Å². The second kappa shape index (κ2) is 3.28. The molecule has 0 aliphatic carbocycles. The number of nitrogens with one attached hydrogen (secondary N) is 1. The lowest BCUT2D eigenvalue weighted by atomic mass is 9.89. The normalized spacial score (nSPS) is 27.3. The molecule has 1 aromatic rings. The number of benzene rings is 1. The Morgan fingerprint density at radius 3 is 2.75 bits per heavy atom. The predicted molar refractivity (Wildman–Crippen MR) is 58.8 cm³/mol. The maximum atomic E-state index is 10.0. The number of hydrogen-bond acceptors (Lipinski definition) is 4. The largest absolute Gasteiger partial charge is 0.507 e. The van der Waals surface area contributed by atoms with Gasteiger partial charge >= 0.3 is 0 Å². The van der Waals surface area contributed by atoms with Crippen LogP contribution < -0.4 is 14.8 Å². The summed E-state index contributed by atoms with van der Waals surface area (Å²) < 4.78 is 10.6. The zero-order chi connectivity index (χ0) is 11.2. The lowest BCUT2D eigenvalue weighted by molar-refractivity contribution is 0.173. The lowest BCUT2D eigenvalue weighted by Gasteiger charge is -2.26. The van der Waals surface area contributed by atoms with Crippen LogP contribution in [0.1, 0.15) is 25.3 Å². The first-order chi connectivity index (χ1) is 7.69. The van der Waals surface area contributed by atoms with E-state index in [9.17, 15) is 5.11 Å². The van der Waals surface area contributed by atoms with Crippen molar-refractivity contribution in [3.8, 4) is 17.2 Å². The number of fused-ring (bicyclic) bond motifs is 1. The van der Waals surface area contributed by atoms with Gasteiger partial charge in [-0.3, -0.25) is 0 Å². The van der Waals surface area contributed by atoms with Crippen LogP contribution in [0.15, 0.2) is 12.1 Å². The minimum absolute atomic E-state index is 0.148. The van der Waals surface area contributed by atoms with Crippen molar-refractivity contribution in [2.75, 3.05) is 13.3 Å². The molecular formula is C12H15NO3. The Kier molecular flexibility index (Phi) is 2.01. The number of hydrogen-bond donors (Lipinski definition) is 2. The monoisotopic (exact) mass is 221 g/mol. The Bertz CT molecular complexity index is 425. The molecule has 0 radical (unpaired) electrons. The maximum absolute atomic E-state index is 10.0. The summed E-state index contributed by atoms with van der Waals surface area (Å²) in [6.07, 6.45) is 2.16. The van der Waals surface area contributed by atoms with Crippen molar-refractivity contribution < 1.29 is 14.6 Å². The van der Waals surface area contributed by atoms with Gasteiger partial charge in [-0.25, -0.2) is 0 Å². The van der Waals surface area contributed by atoms with E-state index in [1.54, 1.807) is 6.07 Å². The Balaban J connectivity index is 2.07. The number of rotatable bonds is 1. The maximum Gasteiger partial charge on any atom is 0.231 e. The van der Waals surface area contributed by atoms with Crippen LogP contribution in [0, 0.1) is 0 Å². The van der Waals surface area contributed by atoms with Gasteiger partial charge in [-0.1, -0.05) is 0 Å². The predicted octanol–water partition coefficient (Wildman–Crippen LogP) is 1.72. The average molecular weight is 221 g/mol. The van der Waals surface area contributed by atoms with Gasteiger partial charge in [0.2, 0.25) is 6.79 Å². The van der Waals surface area contributed by atoms with E-state index in [0.29, 0.717) is 5.75 Å². The van der Waals surface area contributed by atoms with Gasteiger partial charge in [0.15, 0.2) is 11.5 Å². The highest BCUT2D eigenvalue weighted by molar-refractivity contribution is 5.53. The summed E-state index contributed by atoms with van der Waals surface area (Å²) in [5, 5.41) is 13.4. The number of phenols is 1. The van der Waals surface area contributed by atoms with E-state index < -0.39 is 0 Å². The highest BCUT2D eigenvalue weighted by atomic mass is 16.7. The second-order valence-electron chi connectivity index (χ2n) is 4.59. The smallest absolute Gasteiger partial charge is 0.231 e. The van der Waals surface area contributed by atoms with Crippen LogP contribution in [-0.2, 0) is 5.54 Å². The Labute approximate surface area is 94.2 Å². The van der Waals surface area contributed by atoms with Crippen LogP contribution in [0.5, 0.6) is 17.2 Å². The molecule has 0 bridgehead atoms. The fourth-order valence-corrected chi connectivity index (χ4v) is 2.50. The van der Waals surface area contributed by atoms with Crippen LogP contribution in [0.2, 0.25) is 0 Å². The van der Waals surface area contributed by atoms with Crippen LogP contribution in [0.4, 0.5) is 0 Å². The molecule has 1 atom stereocenters. The fraction of sp³-hybridized carbons (Fsp3) is 0.500.